The van der Waals surface area contributed by atoms with Crippen LogP contribution in [-0.4, -0.2) is 18.0 Å². The van der Waals surface area contributed by atoms with Gasteiger partial charge in [-0.3, -0.25) is 4.79 Å². The van der Waals surface area contributed by atoms with Crippen LogP contribution in [-0.2, 0) is 22.6 Å². The molecule has 0 saturated heterocycles. The van der Waals surface area contributed by atoms with Gasteiger partial charge in [-0.2, -0.15) is 5.26 Å². The predicted octanol–water partition coefficient (Wildman–Crippen LogP) is 4.03. The van der Waals surface area contributed by atoms with Crippen LogP contribution in [0, 0.1) is 17.2 Å². The number of alkyl carbamates (subject to hydrolysis) is 1. The van der Waals surface area contributed by atoms with Crippen LogP contribution in [0.4, 0.5) is 10.5 Å². The lowest BCUT2D eigenvalue weighted by Gasteiger charge is -2.23. The molecule has 2 aromatic carbocycles. The van der Waals surface area contributed by atoms with Gasteiger partial charge in [0.05, 0.1) is 12.5 Å². The summed E-state index contributed by atoms with van der Waals surface area (Å²) in [6.07, 6.45) is 0.408. The highest BCUT2D eigenvalue weighted by Gasteiger charge is 2.26. The van der Waals surface area contributed by atoms with E-state index in [0.717, 1.165) is 17.5 Å². The number of ether oxygens (including phenoxy) is 1. The highest BCUT2D eigenvalue weighted by atomic mass is 16.5. The van der Waals surface area contributed by atoms with E-state index in [9.17, 15) is 9.59 Å². The Kier molecular flexibility index (Phi) is 8.04. The van der Waals surface area contributed by atoms with E-state index in [1.807, 2.05) is 44.2 Å². The first-order chi connectivity index (χ1) is 13.5. The Labute approximate surface area is 165 Å². The molecule has 0 heterocycles. The molecule has 0 saturated carbocycles. The van der Waals surface area contributed by atoms with Gasteiger partial charge in [0.15, 0.2) is 0 Å². The molecule has 0 unspecified atom stereocenters. The van der Waals surface area contributed by atoms with Crippen molar-refractivity contribution in [1.82, 2.24) is 5.32 Å². The molecule has 0 spiro atoms. The summed E-state index contributed by atoms with van der Waals surface area (Å²) >= 11 is 0. The van der Waals surface area contributed by atoms with E-state index in [4.69, 9.17) is 10.00 Å². The Bertz CT molecular complexity index is 813. The lowest BCUT2D eigenvalue weighted by atomic mass is 9.98. The van der Waals surface area contributed by atoms with Crippen LogP contribution in [0.1, 0.15) is 31.4 Å². The van der Waals surface area contributed by atoms with E-state index in [1.54, 1.807) is 24.3 Å². The molecule has 2 N–H and O–H groups in total. The van der Waals surface area contributed by atoms with Crippen molar-refractivity contribution in [3.63, 3.8) is 0 Å². The number of nitrogens with one attached hydrogen (secondary N) is 2. The minimum atomic E-state index is -0.716. The summed E-state index contributed by atoms with van der Waals surface area (Å²) in [5, 5.41) is 14.2. The Balaban J connectivity index is 1.96. The molecule has 146 valence electrons. The number of nitrogens with zero attached hydrogens (tertiary/aromatic N) is 1. The molecule has 6 heteroatoms. The van der Waals surface area contributed by atoms with Crippen molar-refractivity contribution in [1.29, 1.82) is 5.26 Å². The average molecular weight is 379 g/mol. The van der Waals surface area contributed by atoms with E-state index in [-0.39, 0.29) is 18.4 Å². The van der Waals surface area contributed by atoms with Gasteiger partial charge in [0.25, 0.3) is 0 Å². The molecule has 2 atom stereocenters. The molecule has 28 heavy (non-hydrogen) atoms. The lowest BCUT2D eigenvalue weighted by molar-refractivity contribution is -0.119. The van der Waals surface area contributed by atoms with E-state index in [2.05, 4.69) is 16.7 Å². The third-order valence-electron chi connectivity index (χ3n) is 4.49. The van der Waals surface area contributed by atoms with Crippen molar-refractivity contribution in [3.8, 4) is 6.07 Å². The van der Waals surface area contributed by atoms with E-state index >= 15 is 0 Å². The van der Waals surface area contributed by atoms with Crippen molar-refractivity contribution < 1.29 is 14.3 Å². The predicted molar refractivity (Wildman–Crippen MR) is 107 cm³/mol. The molecule has 2 amide bonds. The highest BCUT2D eigenvalue weighted by Crippen LogP contribution is 2.14. The number of amides is 2. The third kappa shape index (κ3) is 6.44. The van der Waals surface area contributed by atoms with Gasteiger partial charge in [-0.15, -0.1) is 0 Å². The van der Waals surface area contributed by atoms with Gasteiger partial charge in [-0.1, -0.05) is 62.7 Å². The van der Waals surface area contributed by atoms with Crippen LogP contribution in [0.5, 0.6) is 0 Å². The number of rotatable bonds is 8. The van der Waals surface area contributed by atoms with Crippen LogP contribution in [0.3, 0.4) is 0 Å². The number of nitriles is 1. The molecule has 2 rings (SSSR count). The van der Waals surface area contributed by atoms with Gasteiger partial charge < -0.3 is 15.4 Å². The van der Waals surface area contributed by atoms with Crippen LogP contribution >= 0.6 is 0 Å². The summed E-state index contributed by atoms with van der Waals surface area (Å²) in [5.41, 5.74) is 2.36. The van der Waals surface area contributed by atoms with Gasteiger partial charge in [-0.05, 0) is 29.2 Å². The molecule has 2 aromatic rings. The standard InChI is InChI=1S/C22H25N3O3/c1-3-16(2)20(25-22(27)28-15-18-7-5-4-6-8-18)21(26)24-19-11-9-17(10-12-19)13-14-23/h4-12,16,20H,3,13,15H2,1-2H3,(H,24,26)(H,25,27)/t16-,20-/m0/s1. The monoisotopic (exact) mass is 379 g/mol. The number of hydrogen-bond donors (Lipinski definition) is 2. The quantitative estimate of drug-likeness (QED) is 0.724. The zero-order valence-corrected chi connectivity index (χ0v) is 16.1. The average Bonchev–Trinajstić information content (AvgIpc) is 2.72. The van der Waals surface area contributed by atoms with Crippen molar-refractivity contribution in [3.05, 3.63) is 65.7 Å². The summed E-state index contributed by atoms with van der Waals surface area (Å²) in [5.74, 6) is -0.374. The maximum Gasteiger partial charge on any atom is 0.408 e. The van der Waals surface area contributed by atoms with Crippen LogP contribution in [0.25, 0.3) is 0 Å². The van der Waals surface area contributed by atoms with E-state index < -0.39 is 12.1 Å². The maximum atomic E-state index is 12.7. The van der Waals surface area contributed by atoms with Crippen molar-refractivity contribution in [2.24, 2.45) is 5.92 Å². The number of anilines is 1. The molecule has 0 aliphatic carbocycles. The molecule has 0 aliphatic rings. The SMILES string of the molecule is CC[C@H](C)[C@H](NC(=O)OCc1ccccc1)C(=O)Nc1ccc(CC#N)cc1. The van der Waals surface area contributed by atoms with Crippen LogP contribution < -0.4 is 10.6 Å². The van der Waals surface area contributed by atoms with Gasteiger partial charge >= 0.3 is 6.09 Å². The van der Waals surface area contributed by atoms with Gasteiger partial charge in [0.1, 0.15) is 12.6 Å². The van der Waals surface area contributed by atoms with Crippen LogP contribution in [0.2, 0.25) is 0 Å². The fourth-order valence-corrected chi connectivity index (χ4v) is 2.61. The number of benzene rings is 2. The zero-order valence-electron chi connectivity index (χ0n) is 16.1. The fraction of sp³-hybridized carbons (Fsp3) is 0.318. The first-order valence-corrected chi connectivity index (χ1v) is 9.27. The fourth-order valence-electron chi connectivity index (χ4n) is 2.61. The van der Waals surface area contributed by atoms with Crippen molar-refractivity contribution >= 4 is 17.7 Å². The van der Waals surface area contributed by atoms with Crippen LogP contribution in [0.15, 0.2) is 54.6 Å². The summed E-state index contributed by atoms with van der Waals surface area (Å²) < 4.78 is 5.24. The Morgan fingerprint density at radius 2 is 1.75 bits per heavy atom. The summed E-state index contributed by atoms with van der Waals surface area (Å²) in [4.78, 5) is 24.9. The second kappa shape index (κ2) is 10.7. The molecular formula is C22H25N3O3. The molecule has 0 aromatic heterocycles. The molecule has 0 bridgehead atoms. The smallest absolute Gasteiger partial charge is 0.408 e. The first-order valence-electron chi connectivity index (χ1n) is 9.27. The minimum Gasteiger partial charge on any atom is -0.445 e. The first kappa shape index (κ1) is 21.0. The molecule has 0 radical (unpaired) electrons. The Hall–Kier alpha value is -3.33. The normalized spacial score (nSPS) is 12.3. The lowest BCUT2D eigenvalue weighted by Crippen LogP contribution is -2.47. The molecule has 0 aliphatic heterocycles. The summed E-state index contributed by atoms with van der Waals surface area (Å²) in [7, 11) is 0. The number of carbonyl (C=O) groups excluding carboxylic acids is 2. The topological polar surface area (TPSA) is 91.2 Å². The van der Waals surface area contributed by atoms with Crippen molar-refractivity contribution in [2.75, 3.05) is 5.32 Å². The van der Waals surface area contributed by atoms with Crippen molar-refractivity contribution in [2.45, 2.75) is 39.3 Å². The minimum absolute atomic E-state index is 0.0675. The maximum absolute atomic E-state index is 12.7. The molecule has 6 nitrogen and oxygen atoms in total. The summed E-state index contributed by atoms with van der Waals surface area (Å²) in [6, 6.07) is 17.8. The van der Waals surface area contributed by atoms with Gasteiger partial charge in [0, 0.05) is 5.69 Å². The van der Waals surface area contributed by atoms with Gasteiger partial charge in [0.2, 0.25) is 5.91 Å². The Morgan fingerprint density at radius 3 is 2.36 bits per heavy atom. The van der Waals surface area contributed by atoms with Gasteiger partial charge in [-0.25, -0.2) is 4.79 Å². The summed E-state index contributed by atoms with van der Waals surface area (Å²) in [6.45, 7) is 4.00. The molecule has 0 fully saturated rings. The third-order valence-corrected chi connectivity index (χ3v) is 4.49. The number of carbonyl (C=O) groups is 2. The second-order valence-corrected chi connectivity index (χ2v) is 6.59. The van der Waals surface area contributed by atoms with E-state index in [1.165, 1.54) is 0 Å². The highest BCUT2D eigenvalue weighted by molar-refractivity contribution is 5.96. The second-order valence-electron chi connectivity index (χ2n) is 6.59. The zero-order chi connectivity index (χ0) is 20.4. The molecular weight excluding hydrogens is 354 g/mol. The Morgan fingerprint density at radius 1 is 1.07 bits per heavy atom. The number of hydrogen-bond acceptors (Lipinski definition) is 4. The largest absolute Gasteiger partial charge is 0.445 e. The van der Waals surface area contributed by atoms with E-state index in [0.29, 0.717) is 12.1 Å².